The minimum atomic E-state index is -1.75. The van der Waals surface area contributed by atoms with Crippen molar-refractivity contribution in [2.24, 2.45) is 5.11 Å². The summed E-state index contributed by atoms with van der Waals surface area (Å²) in [7, 11) is 0. The third-order valence-corrected chi connectivity index (χ3v) is 3.09. The highest BCUT2D eigenvalue weighted by molar-refractivity contribution is 5.73. The van der Waals surface area contributed by atoms with Gasteiger partial charge < -0.3 is 39.4 Å². The van der Waals surface area contributed by atoms with E-state index in [0.29, 0.717) is 0 Å². The molecule has 0 radical (unpaired) electrons. The number of ether oxygens (including phenoxy) is 4. The molecule has 12 heteroatoms. The molecule has 0 aromatic rings. The van der Waals surface area contributed by atoms with Crippen molar-refractivity contribution in [2.75, 3.05) is 39.6 Å². The number of carboxylic acid groups (broad SMARTS) is 1. The number of aliphatic hydroxyl groups is 3. The van der Waals surface area contributed by atoms with Crippen LogP contribution in [0.2, 0.25) is 0 Å². The number of azide groups is 1. The molecule has 1 aliphatic heterocycles. The standard InChI is InChI=1S/C12H21N3O9/c13-15-14-1-2-21-3-4-22-5-6-23-12-9(18)7(16)8(17)10(24-12)11(19)20/h7-10,12,16-18H,1-6H2,(H,19,20)/t7-,8-,9+,10-,12?/m0/s1. The van der Waals surface area contributed by atoms with Gasteiger partial charge in [0.1, 0.15) is 18.3 Å². The van der Waals surface area contributed by atoms with E-state index in [2.05, 4.69) is 10.0 Å². The molecule has 1 aliphatic rings. The Hall–Kier alpha value is -1.50. The first kappa shape index (κ1) is 20.5. The zero-order valence-corrected chi connectivity index (χ0v) is 12.8. The van der Waals surface area contributed by atoms with Crippen LogP contribution >= 0.6 is 0 Å². The lowest BCUT2D eigenvalue weighted by molar-refractivity contribution is -0.295. The molecule has 0 amide bonds. The summed E-state index contributed by atoms with van der Waals surface area (Å²) in [5.74, 6) is -1.48. The van der Waals surface area contributed by atoms with Crippen LogP contribution in [0.5, 0.6) is 0 Å². The van der Waals surface area contributed by atoms with E-state index in [-0.39, 0.29) is 39.6 Å². The molecule has 0 saturated carbocycles. The molecule has 1 heterocycles. The minimum absolute atomic E-state index is 0.0321. The topological polar surface area (TPSA) is 184 Å². The van der Waals surface area contributed by atoms with Gasteiger partial charge in [0.2, 0.25) is 0 Å². The normalized spacial score (nSPS) is 29.9. The Morgan fingerprint density at radius 3 is 2.29 bits per heavy atom. The first-order chi connectivity index (χ1) is 11.5. The smallest absolute Gasteiger partial charge is 0.335 e. The van der Waals surface area contributed by atoms with Gasteiger partial charge in [0.25, 0.3) is 0 Å². The van der Waals surface area contributed by atoms with E-state index >= 15 is 0 Å². The van der Waals surface area contributed by atoms with Gasteiger partial charge in [0, 0.05) is 11.5 Å². The number of carboxylic acids is 1. The fourth-order valence-electron chi connectivity index (χ4n) is 1.89. The third-order valence-electron chi connectivity index (χ3n) is 3.09. The van der Waals surface area contributed by atoms with E-state index in [4.69, 9.17) is 29.6 Å². The second-order valence-corrected chi connectivity index (χ2v) is 4.79. The number of rotatable bonds is 11. The molecular weight excluding hydrogens is 330 g/mol. The maximum absolute atomic E-state index is 10.9. The maximum atomic E-state index is 10.9. The van der Waals surface area contributed by atoms with E-state index in [0.717, 1.165) is 0 Å². The number of aliphatic hydroxyl groups excluding tert-OH is 3. The molecule has 4 N–H and O–H groups in total. The summed E-state index contributed by atoms with van der Waals surface area (Å²) in [6.45, 7) is 1.14. The van der Waals surface area contributed by atoms with Crippen LogP contribution < -0.4 is 0 Å². The highest BCUT2D eigenvalue weighted by atomic mass is 16.7. The van der Waals surface area contributed by atoms with Crippen LogP contribution in [0.4, 0.5) is 0 Å². The summed E-state index contributed by atoms with van der Waals surface area (Å²) in [6.07, 6.45) is -8.13. The van der Waals surface area contributed by atoms with Crippen molar-refractivity contribution in [2.45, 2.75) is 30.7 Å². The van der Waals surface area contributed by atoms with E-state index in [1.165, 1.54) is 0 Å². The SMILES string of the molecule is [N-]=[N+]=NCCOCCOCCOC1O[C@H](C(=O)O)[C@@H](O)[C@H](O)[C@H]1O. The van der Waals surface area contributed by atoms with E-state index in [1.807, 2.05) is 0 Å². The molecule has 24 heavy (non-hydrogen) atoms. The van der Waals surface area contributed by atoms with Gasteiger partial charge in [-0.2, -0.15) is 0 Å². The van der Waals surface area contributed by atoms with Crippen molar-refractivity contribution in [1.29, 1.82) is 0 Å². The molecule has 0 bridgehead atoms. The molecule has 138 valence electrons. The molecule has 1 fully saturated rings. The predicted octanol–water partition coefficient (Wildman–Crippen LogP) is -1.76. The number of aliphatic carboxylic acids is 1. The van der Waals surface area contributed by atoms with Gasteiger partial charge in [-0.05, 0) is 5.53 Å². The van der Waals surface area contributed by atoms with E-state index in [1.54, 1.807) is 0 Å². The van der Waals surface area contributed by atoms with Gasteiger partial charge in [-0.25, -0.2) is 4.79 Å². The zero-order chi connectivity index (χ0) is 17.9. The van der Waals surface area contributed by atoms with Crippen LogP contribution in [0.1, 0.15) is 0 Å². The number of hydrogen-bond donors (Lipinski definition) is 4. The molecule has 0 spiro atoms. The monoisotopic (exact) mass is 351 g/mol. The summed E-state index contributed by atoms with van der Waals surface area (Å²) in [4.78, 5) is 13.5. The average molecular weight is 351 g/mol. The first-order valence-corrected chi connectivity index (χ1v) is 7.19. The molecule has 12 nitrogen and oxygen atoms in total. The summed E-state index contributed by atoms with van der Waals surface area (Å²) < 4.78 is 20.3. The number of nitrogens with zero attached hydrogens (tertiary/aromatic N) is 3. The zero-order valence-electron chi connectivity index (χ0n) is 12.8. The molecule has 1 unspecified atom stereocenters. The lowest BCUT2D eigenvalue weighted by Gasteiger charge is -2.38. The van der Waals surface area contributed by atoms with E-state index in [9.17, 15) is 20.1 Å². The second-order valence-electron chi connectivity index (χ2n) is 4.79. The summed E-state index contributed by atoms with van der Waals surface area (Å²) in [5.41, 5.74) is 8.04. The lowest BCUT2D eigenvalue weighted by Crippen LogP contribution is -2.60. The fraction of sp³-hybridized carbons (Fsp3) is 0.917. The van der Waals surface area contributed by atoms with Gasteiger partial charge in [-0.15, -0.1) is 0 Å². The van der Waals surface area contributed by atoms with Crippen LogP contribution in [0, 0.1) is 0 Å². The lowest BCUT2D eigenvalue weighted by atomic mass is 9.99. The highest BCUT2D eigenvalue weighted by Gasteiger charge is 2.47. The Balaban J connectivity index is 2.17. The van der Waals surface area contributed by atoms with Gasteiger partial charge in [-0.1, -0.05) is 5.11 Å². The maximum Gasteiger partial charge on any atom is 0.335 e. The summed E-state index contributed by atoms with van der Waals surface area (Å²) >= 11 is 0. The quantitative estimate of drug-likeness (QED) is 0.145. The number of carbonyl (C=O) groups is 1. The van der Waals surface area contributed by atoms with Crippen LogP contribution in [-0.4, -0.2) is 96.7 Å². The molecular formula is C12H21N3O9. The Bertz CT molecular complexity index is 432. The largest absolute Gasteiger partial charge is 0.479 e. The van der Waals surface area contributed by atoms with Crippen molar-refractivity contribution in [3.05, 3.63) is 10.4 Å². The van der Waals surface area contributed by atoms with Crippen LogP contribution in [-0.2, 0) is 23.7 Å². The Labute approximate surface area is 137 Å². The van der Waals surface area contributed by atoms with Gasteiger partial charge in [0.15, 0.2) is 12.4 Å². The Morgan fingerprint density at radius 2 is 1.67 bits per heavy atom. The Morgan fingerprint density at radius 1 is 1.04 bits per heavy atom. The van der Waals surface area contributed by atoms with Gasteiger partial charge >= 0.3 is 5.97 Å². The van der Waals surface area contributed by atoms with Crippen molar-refractivity contribution in [1.82, 2.24) is 0 Å². The van der Waals surface area contributed by atoms with Crippen LogP contribution in [0.3, 0.4) is 0 Å². The van der Waals surface area contributed by atoms with Gasteiger partial charge in [0.05, 0.1) is 33.0 Å². The molecule has 0 aromatic carbocycles. The highest BCUT2D eigenvalue weighted by Crippen LogP contribution is 2.22. The fourth-order valence-corrected chi connectivity index (χ4v) is 1.89. The molecule has 1 rings (SSSR count). The number of hydrogen-bond acceptors (Lipinski definition) is 9. The third kappa shape index (κ3) is 6.55. The van der Waals surface area contributed by atoms with E-state index < -0.39 is 36.7 Å². The molecule has 0 aromatic heterocycles. The van der Waals surface area contributed by atoms with Crippen molar-refractivity contribution >= 4 is 5.97 Å². The Kier molecular flexibility index (Phi) is 9.52. The molecule has 0 aliphatic carbocycles. The van der Waals surface area contributed by atoms with Gasteiger partial charge in [-0.3, -0.25) is 0 Å². The summed E-state index contributed by atoms with van der Waals surface area (Å²) in [6, 6.07) is 0. The summed E-state index contributed by atoms with van der Waals surface area (Å²) in [5, 5.41) is 41.0. The minimum Gasteiger partial charge on any atom is -0.479 e. The van der Waals surface area contributed by atoms with Crippen LogP contribution in [0.25, 0.3) is 10.4 Å². The predicted molar refractivity (Wildman–Crippen MR) is 75.9 cm³/mol. The molecule has 5 atom stereocenters. The van der Waals surface area contributed by atoms with Crippen molar-refractivity contribution < 1.29 is 44.2 Å². The molecule has 1 saturated heterocycles. The van der Waals surface area contributed by atoms with Crippen molar-refractivity contribution in [3.8, 4) is 0 Å². The average Bonchev–Trinajstić information content (AvgIpc) is 2.56. The second kappa shape index (κ2) is 11.1. The van der Waals surface area contributed by atoms with Crippen LogP contribution in [0.15, 0.2) is 5.11 Å². The first-order valence-electron chi connectivity index (χ1n) is 7.19. The van der Waals surface area contributed by atoms with Crippen molar-refractivity contribution in [3.63, 3.8) is 0 Å².